The Morgan fingerprint density at radius 1 is 1.17 bits per heavy atom. The normalized spacial score (nSPS) is 14.2. The molecule has 2 aromatic rings. The average molecular weight is 345 g/mol. The van der Waals surface area contributed by atoms with Crippen LogP contribution in [0.25, 0.3) is 0 Å². The summed E-state index contributed by atoms with van der Waals surface area (Å²) in [6.45, 7) is 2.11. The van der Waals surface area contributed by atoms with E-state index in [0.29, 0.717) is 5.02 Å². The fraction of sp³-hybridized carbons (Fsp3) is 0.214. The molecule has 0 amide bonds. The lowest BCUT2D eigenvalue weighted by Gasteiger charge is -2.20. The number of hydrogen-bond donors (Lipinski definition) is 0. The van der Waals surface area contributed by atoms with Gasteiger partial charge in [0, 0.05) is 27.8 Å². The van der Waals surface area contributed by atoms with Crippen LogP contribution in [0.2, 0.25) is 5.02 Å². The minimum Gasteiger partial charge on any atom is -0.265 e. The number of nitrogens with zero attached hydrogens (tertiary/aromatic N) is 1. The quantitative estimate of drug-likeness (QED) is 0.662. The molecule has 0 aliphatic heterocycles. The molecule has 1 heterocycles. The van der Waals surface area contributed by atoms with Crippen LogP contribution in [-0.2, 0) is 0 Å². The Bertz CT molecular complexity index is 531. The van der Waals surface area contributed by atoms with Crippen LogP contribution in [0.4, 0.5) is 0 Å². The van der Waals surface area contributed by atoms with E-state index in [4.69, 9.17) is 23.2 Å². The summed E-state index contributed by atoms with van der Waals surface area (Å²) in [7, 11) is 0. The Kier molecular flexibility index (Phi) is 4.66. The molecule has 0 saturated carbocycles. The lowest BCUT2D eigenvalue weighted by Crippen LogP contribution is -2.03. The second kappa shape index (κ2) is 6.05. The first-order chi connectivity index (χ1) is 8.59. The van der Waals surface area contributed by atoms with Gasteiger partial charge in [0.25, 0.3) is 0 Å². The maximum absolute atomic E-state index is 6.56. The van der Waals surface area contributed by atoms with E-state index >= 15 is 0 Å². The molecule has 0 fully saturated rings. The zero-order valence-electron chi connectivity index (χ0n) is 9.78. The molecule has 0 spiro atoms. The summed E-state index contributed by atoms with van der Waals surface area (Å²) in [5.41, 5.74) is 2.22. The zero-order chi connectivity index (χ0) is 13.1. The van der Waals surface area contributed by atoms with E-state index in [1.54, 1.807) is 12.4 Å². The molecule has 0 aliphatic carbocycles. The molecule has 0 radical (unpaired) electrons. The van der Waals surface area contributed by atoms with E-state index in [1.165, 1.54) is 5.56 Å². The van der Waals surface area contributed by atoms with Gasteiger partial charge in [-0.1, -0.05) is 40.5 Å². The van der Waals surface area contributed by atoms with Gasteiger partial charge in [-0.2, -0.15) is 0 Å². The highest BCUT2D eigenvalue weighted by Crippen LogP contribution is 2.39. The van der Waals surface area contributed by atoms with Gasteiger partial charge < -0.3 is 0 Å². The number of halogens is 3. The topological polar surface area (TPSA) is 12.9 Å². The number of alkyl halides is 1. The van der Waals surface area contributed by atoms with E-state index in [9.17, 15) is 0 Å². The first-order valence-corrected chi connectivity index (χ1v) is 7.19. The Morgan fingerprint density at radius 3 is 2.44 bits per heavy atom. The number of rotatable bonds is 3. The van der Waals surface area contributed by atoms with Crippen LogP contribution in [-0.4, -0.2) is 4.98 Å². The van der Waals surface area contributed by atoms with Gasteiger partial charge in [0.1, 0.15) is 0 Å². The zero-order valence-corrected chi connectivity index (χ0v) is 12.9. The Labute approximate surface area is 125 Å². The summed E-state index contributed by atoms with van der Waals surface area (Å²) in [5, 5.41) is 0.588. The van der Waals surface area contributed by atoms with Crippen LogP contribution in [0.3, 0.4) is 0 Å². The molecule has 2 unspecified atom stereocenters. The van der Waals surface area contributed by atoms with E-state index < -0.39 is 0 Å². The van der Waals surface area contributed by atoms with Crippen molar-refractivity contribution >= 4 is 39.1 Å². The number of benzene rings is 1. The summed E-state index contributed by atoms with van der Waals surface area (Å²) in [4.78, 5) is 4.02. The second-order valence-electron chi connectivity index (χ2n) is 4.14. The third-order valence-corrected chi connectivity index (χ3v) is 4.47. The maximum Gasteiger partial charge on any atom is 0.0662 e. The van der Waals surface area contributed by atoms with E-state index in [0.717, 1.165) is 10.0 Å². The van der Waals surface area contributed by atoms with Crippen molar-refractivity contribution in [1.29, 1.82) is 0 Å². The standard InChI is InChI=1S/C14H12BrCl2N/c1-9(10-4-6-18-7-5-10)14(17)12-3-2-11(16)8-13(12)15/h2-9,14H,1H3. The molecule has 0 N–H and O–H groups in total. The number of hydrogen-bond acceptors (Lipinski definition) is 1. The van der Waals surface area contributed by atoms with Gasteiger partial charge in [0.2, 0.25) is 0 Å². The van der Waals surface area contributed by atoms with Gasteiger partial charge in [-0.3, -0.25) is 4.98 Å². The maximum atomic E-state index is 6.56. The molecular formula is C14H12BrCl2N. The van der Waals surface area contributed by atoms with Crippen LogP contribution in [0.5, 0.6) is 0 Å². The third-order valence-electron chi connectivity index (χ3n) is 2.93. The third kappa shape index (κ3) is 3.05. The molecule has 1 aromatic heterocycles. The summed E-state index contributed by atoms with van der Waals surface area (Å²) in [6, 6.07) is 9.66. The Balaban J connectivity index is 2.28. The van der Waals surface area contributed by atoms with Crippen LogP contribution < -0.4 is 0 Å². The van der Waals surface area contributed by atoms with Crippen molar-refractivity contribution in [2.75, 3.05) is 0 Å². The minimum atomic E-state index is -0.112. The van der Waals surface area contributed by atoms with Crippen molar-refractivity contribution in [3.8, 4) is 0 Å². The molecule has 0 aliphatic rings. The average Bonchev–Trinajstić information content (AvgIpc) is 2.38. The predicted octanol–water partition coefficient (Wildman–Crippen LogP) is 5.58. The Morgan fingerprint density at radius 2 is 1.83 bits per heavy atom. The van der Waals surface area contributed by atoms with Gasteiger partial charge in [-0.15, -0.1) is 11.6 Å². The van der Waals surface area contributed by atoms with Gasteiger partial charge in [-0.05, 0) is 35.4 Å². The van der Waals surface area contributed by atoms with Crippen molar-refractivity contribution in [2.24, 2.45) is 0 Å². The highest BCUT2D eigenvalue weighted by molar-refractivity contribution is 9.10. The van der Waals surface area contributed by atoms with Gasteiger partial charge in [0.15, 0.2) is 0 Å². The van der Waals surface area contributed by atoms with Gasteiger partial charge in [-0.25, -0.2) is 0 Å². The smallest absolute Gasteiger partial charge is 0.0662 e. The van der Waals surface area contributed by atoms with Crippen molar-refractivity contribution < 1.29 is 0 Å². The fourth-order valence-corrected chi connectivity index (χ4v) is 3.23. The van der Waals surface area contributed by atoms with Crippen molar-refractivity contribution in [2.45, 2.75) is 18.2 Å². The highest BCUT2D eigenvalue weighted by Gasteiger charge is 2.20. The SMILES string of the molecule is CC(c1ccncc1)C(Cl)c1ccc(Cl)cc1Br. The fourth-order valence-electron chi connectivity index (χ4n) is 1.83. The summed E-state index contributed by atoms with van der Waals surface area (Å²) in [5.74, 6) is 0.201. The molecule has 2 atom stereocenters. The molecule has 2 rings (SSSR count). The van der Waals surface area contributed by atoms with Crippen molar-refractivity contribution in [1.82, 2.24) is 4.98 Å². The van der Waals surface area contributed by atoms with Crippen LogP contribution in [0.1, 0.15) is 29.3 Å². The molecule has 1 aromatic carbocycles. The summed E-state index contributed by atoms with van der Waals surface area (Å²) in [6.07, 6.45) is 3.57. The minimum absolute atomic E-state index is 0.112. The van der Waals surface area contributed by atoms with Crippen molar-refractivity contribution in [3.63, 3.8) is 0 Å². The van der Waals surface area contributed by atoms with Crippen LogP contribution >= 0.6 is 39.1 Å². The van der Waals surface area contributed by atoms with E-state index in [1.807, 2.05) is 30.3 Å². The lowest BCUT2D eigenvalue weighted by molar-refractivity contribution is 0.728. The highest BCUT2D eigenvalue weighted by atomic mass is 79.9. The molecule has 94 valence electrons. The summed E-state index contributed by atoms with van der Waals surface area (Å²) < 4.78 is 0.941. The predicted molar refractivity (Wildman–Crippen MR) is 80.4 cm³/mol. The largest absolute Gasteiger partial charge is 0.265 e. The van der Waals surface area contributed by atoms with Gasteiger partial charge >= 0.3 is 0 Å². The monoisotopic (exact) mass is 343 g/mol. The molecular weight excluding hydrogens is 333 g/mol. The molecule has 0 saturated heterocycles. The van der Waals surface area contributed by atoms with E-state index in [-0.39, 0.29) is 11.3 Å². The van der Waals surface area contributed by atoms with Crippen LogP contribution in [0, 0.1) is 0 Å². The molecule has 4 heteroatoms. The lowest BCUT2D eigenvalue weighted by atomic mass is 9.94. The Hall–Kier alpha value is -0.570. The molecule has 1 nitrogen and oxygen atoms in total. The molecule has 0 bridgehead atoms. The first kappa shape index (κ1) is 13.9. The van der Waals surface area contributed by atoms with Gasteiger partial charge in [0.05, 0.1) is 5.38 Å². The summed E-state index contributed by atoms with van der Waals surface area (Å²) >= 11 is 16.0. The first-order valence-electron chi connectivity index (χ1n) is 5.58. The molecule has 18 heavy (non-hydrogen) atoms. The second-order valence-corrected chi connectivity index (χ2v) is 5.90. The van der Waals surface area contributed by atoms with E-state index in [2.05, 4.69) is 27.8 Å². The number of pyridine rings is 1. The number of aromatic nitrogens is 1. The van der Waals surface area contributed by atoms with Crippen molar-refractivity contribution in [3.05, 3.63) is 63.3 Å². The van der Waals surface area contributed by atoms with Crippen LogP contribution in [0.15, 0.2) is 47.2 Å².